The molecule has 1 fully saturated rings. The summed E-state index contributed by atoms with van der Waals surface area (Å²) < 4.78 is 11.2. The third-order valence-corrected chi connectivity index (χ3v) is 4.51. The van der Waals surface area contributed by atoms with E-state index in [4.69, 9.17) is 15.2 Å². The Morgan fingerprint density at radius 2 is 2.26 bits per heavy atom. The molecule has 2 heterocycles. The van der Waals surface area contributed by atoms with Gasteiger partial charge in [-0.15, -0.1) is 0 Å². The molecule has 19 heavy (non-hydrogen) atoms. The fraction of sp³-hybridized carbons (Fsp3) is 0.667. The maximum atomic E-state index is 6.02. The van der Waals surface area contributed by atoms with Crippen molar-refractivity contribution in [1.82, 2.24) is 4.98 Å². The molecule has 0 spiro atoms. The highest BCUT2D eigenvalue weighted by Gasteiger charge is 2.41. The minimum Gasteiger partial charge on any atom is -0.496 e. The molecular weight excluding hydrogens is 240 g/mol. The Hall–Kier alpha value is -1.13. The first-order valence-electron chi connectivity index (χ1n) is 6.85. The number of ether oxygens (including phenoxy) is 2. The van der Waals surface area contributed by atoms with Gasteiger partial charge in [-0.2, -0.15) is 0 Å². The molecule has 2 rings (SSSR count). The summed E-state index contributed by atoms with van der Waals surface area (Å²) in [6.45, 7) is 7.62. The lowest BCUT2D eigenvalue weighted by atomic mass is 9.77. The second-order valence-corrected chi connectivity index (χ2v) is 5.55. The molecule has 1 aliphatic rings. The summed E-state index contributed by atoms with van der Waals surface area (Å²) in [5, 5.41) is 0. The number of pyridine rings is 1. The topological polar surface area (TPSA) is 57.4 Å². The summed E-state index contributed by atoms with van der Waals surface area (Å²) in [7, 11) is 1.71. The highest BCUT2D eigenvalue weighted by atomic mass is 16.5. The van der Waals surface area contributed by atoms with Crippen LogP contribution in [0.25, 0.3) is 0 Å². The number of aromatic nitrogens is 1. The van der Waals surface area contributed by atoms with E-state index >= 15 is 0 Å². The number of hydrogen-bond donors (Lipinski definition) is 1. The van der Waals surface area contributed by atoms with E-state index in [1.165, 1.54) is 0 Å². The summed E-state index contributed by atoms with van der Waals surface area (Å²) in [6, 6.07) is 0. The number of hydrogen-bond acceptors (Lipinski definition) is 4. The van der Waals surface area contributed by atoms with Crippen LogP contribution in [0.3, 0.4) is 0 Å². The molecule has 2 unspecified atom stereocenters. The van der Waals surface area contributed by atoms with E-state index in [9.17, 15) is 0 Å². The maximum absolute atomic E-state index is 6.02. The van der Waals surface area contributed by atoms with Crippen LogP contribution in [-0.2, 0) is 11.2 Å². The number of nitrogens with two attached hydrogens (primary N) is 1. The maximum Gasteiger partial charge on any atom is 0.128 e. The number of rotatable bonds is 4. The molecule has 2 atom stereocenters. The zero-order valence-electron chi connectivity index (χ0n) is 12.3. The first-order chi connectivity index (χ1) is 9.04. The summed E-state index contributed by atoms with van der Waals surface area (Å²) in [6.07, 6.45) is 3.92. The van der Waals surface area contributed by atoms with E-state index in [2.05, 4.69) is 18.8 Å². The summed E-state index contributed by atoms with van der Waals surface area (Å²) in [4.78, 5) is 4.59. The average Bonchev–Trinajstić information content (AvgIpc) is 2.76. The molecule has 0 aliphatic carbocycles. The van der Waals surface area contributed by atoms with Crippen LogP contribution in [0.5, 0.6) is 5.75 Å². The molecule has 4 heteroatoms. The van der Waals surface area contributed by atoms with Crippen molar-refractivity contribution in [3.63, 3.8) is 0 Å². The smallest absolute Gasteiger partial charge is 0.128 e. The van der Waals surface area contributed by atoms with Crippen LogP contribution in [0.4, 0.5) is 0 Å². The molecule has 0 aromatic carbocycles. The van der Waals surface area contributed by atoms with Gasteiger partial charge in [-0.25, -0.2) is 0 Å². The number of aryl methyl sites for hydroxylation is 1. The van der Waals surface area contributed by atoms with Gasteiger partial charge in [-0.3, -0.25) is 4.98 Å². The zero-order valence-corrected chi connectivity index (χ0v) is 12.3. The normalized spacial score (nSPS) is 26.7. The number of methoxy groups -OCH3 is 1. The Morgan fingerprint density at radius 1 is 1.53 bits per heavy atom. The molecule has 0 radical (unpaired) electrons. The van der Waals surface area contributed by atoms with Crippen molar-refractivity contribution in [2.45, 2.75) is 39.7 Å². The van der Waals surface area contributed by atoms with Crippen molar-refractivity contribution in [3.8, 4) is 5.75 Å². The van der Waals surface area contributed by atoms with Gasteiger partial charge in [0.2, 0.25) is 0 Å². The van der Waals surface area contributed by atoms with Gasteiger partial charge in [0.15, 0.2) is 0 Å². The van der Waals surface area contributed by atoms with Crippen molar-refractivity contribution in [1.29, 1.82) is 0 Å². The van der Waals surface area contributed by atoms with E-state index in [1.54, 1.807) is 7.11 Å². The predicted octanol–water partition coefficient (Wildman–Crippen LogP) is 2.00. The molecule has 1 saturated heterocycles. The fourth-order valence-corrected chi connectivity index (χ4v) is 2.97. The lowest BCUT2D eigenvalue weighted by molar-refractivity contribution is 0.0668. The molecule has 0 amide bonds. The Labute approximate surface area is 115 Å². The van der Waals surface area contributed by atoms with Gasteiger partial charge >= 0.3 is 0 Å². The van der Waals surface area contributed by atoms with E-state index in [0.29, 0.717) is 6.54 Å². The molecule has 1 aromatic rings. The highest BCUT2D eigenvalue weighted by molar-refractivity contribution is 5.41. The standard InChI is InChI=1S/C15H24N2O2/c1-10-8-17-13(11(2)14(10)18-4)7-15(9-16)5-6-19-12(15)3/h8,12H,5-7,9,16H2,1-4H3. The quantitative estimate of drug-likeness (QED) is 0.903. The molecule has 0 saturated carbocycles. The molecular formula is C15H24N2O2. The first-order valence-corrected chi connectivity index (χ1v) is 6.85. The molecule has 2 N–H and O–H groups in total. The largest absolute Gasteiger partial charge is 0.496 e. The van der Waals surface area contributed by atoms with Gasteiger partial charge in [0.1, 0.15) is 5.75 Å². The Balaban J connectivity index is 2.33. The van der Waals surface area contributed by atoms with E-state index in [1.807, 2.05) is 13.1 Å². The lowest BCUT2D eigenvalue weighted by Crippen LogP contribution is -2.39. The van der Waals surface area contributed by atoms with Gasteiger partial charge in [-0.05, 0) is 33.6 Å². The average molecular weight is 264 g/mol. The van der Waals surface area contributed by atoms with Crippen molar-refractivity contribution >= 4 is 0 Å². The van der Waals surface area contributed by atoms with E-state index in [0.717, 1.165) is 42.0 Å². The van der Waals surface area contributed by atoms with Crippen LogP contribution >= 0.6 is 0 Å². The molecule has 0 bridgehead atoms. The second-order valence-electron chi connectivity index (χ2n) is 5.55. The summed E-state index contributed by atoms with van der Waals surface area (Å²) in [5.41, 5.74) is 9.30. The van der Waals surface area contributed by atoms with Crippen molar-refractivity contribution in [2.75, 3.05) is 20.3 Å². The molecule has 4 nitrogen and oxygen atoms in total. The molecule has 1 aliphatic heterocycles. The predicted molar refractivity (Wildman–Crippen MR) is 75.5 cm³/mol. The van der Waals surface area contributed by atoms with Crippen molar-refractivity contribution in [3.05, 3.63) is 23.0 Å². The second kappa shape index (κ2) is 5.47. The lowest BCUT2D eigenvalue weighted by Gasteiger charge is -2.31. The van der Waals surface area contributed by atoms with Crippen LogP contribution in [-0.4, -0.2) is 31.3 Å². The monoisotopic (exact) mass is 264 g/mol. The third kappa shape index (κ3) is 2.47. The fourth-order valence-electron chi connectivity index (χ4n) is 2.97. The Morgan fingerprint density at radius 3 is 2.79 bits per heavy atom. The third-order valence-electron chi connectivity index (χ3n) is 4.51. The van der Waals surface area contributed by atoms with Crippen molar-refractivity contribution < 1.29 is 9.47 Å². The molecule has 106 valence electrons. The molecule has 1 aromatic heterocycles. The minimum atomic E-state index is 0.0119. The van der Waals surface area contributed by atoms with Crippen LogP contribution in [0.2, 0.25) is 0 Å². The number of nitrogens with zero attached hydrogens (tertiary/aromatic N) is 1. The Kier molecular flexibility index (Phi) is 4.11. The van der Waals surface area contributed by atoms with Crippen LogP contribution in [0, 0.1) is 19.3 Å². The SMILES string of the molecule is COc1c(C)cnc(CC2(CN)CCOC2C)c1C. The minimum absolute atomic E-state index is 0.0119. The van der Waals surface area contributed by atoms with E-state index < -0.39 is 0 Å². The zero-order chi connectivity index (χ0) is 14.0. The first kappa shape index (κ1) is 14.3. The summed E-state index contributed by atoms with van der Waals surface area (Å²) >= 11 is 0. The van der Waals surface area contributed by atoms with Crippen LogP contribution in [0.1, 0.15) is 30.2 Å². The van der Waals surface area contributed by atoms with Gasteiger partial charge in [0.25, 0.3) is 0 Å². The van der Waals surface area contributed by atoms with Gasteiger partial charge in [-0.1, -0.05) is 0 Å². The summed E-state index contributed by atoms with van der Waals surface area (Å²) in [5.74, 6) is 0.934. The van der Waals surface area contributed by atoms with E-state index in [-0.39, 0.29) is 11.5 Å². The van der Waals surface area contributed by atoms with Gasteiger partial charge < -0.3 is 15.2 Å². The van der Waals surface area contributed by atoms with Crippen molar-refractivity contribution in [2.24, 2.45) is 11.1 Å². The Bertz CT molecular complexity index is 462. The highest BCUT2D eigenvalue weighted by Crippen LogP contribution is 2.38. The van der Waals surface area contributed by atoms with Gasteiger partial charge in [0.05, 0.1) is 13.2 Å². The van der Waals surface area contributed by atoms with Gasteiger partial charge in [0, 0.05) is 41.6 Å². The van der Waals surface area contributed by atoms with Crippen LogP contribution < -0.4 is 10.5 Å². The van der Waals surface area contributed by atoms with Crippen LogP contribution in [0.15, 0.2) is 6.20 Å².